The van der Waals surface area contributed by atoms with Crippen LogP contribution in [0.1, 0.15) is 11.3 Å². The highest BCUT2D eigenvalue weighted by atomic mass is 32.2. The van der Waals surface area contributed by atoms with E-state index in [-0.39, 0.29) is 5.56 Å². The highest BCUT2D eigenvalue weighted by Gasteiger charge is 2.15. The molecule has 30 heavy (non-hydrogen) atoms. The van der Waals surface area contributed by atoms with Gasteiger partial charge in [0.15, 0.2) is 5.16 Å². The Morgan fingerprint density at radius 3 is 2.80 bits per heavy atom. The van der Waals surface area contributed by atoms with Crippen LogP contribution < -0.4 is 5.56 Å². The van der Waals surface area contributed by atoms with Gasteiger partial charge in [-0.2, -0.15) is 0 Å². The van der Waals surface area contributed by atoms with Gasteiger partial charge >= 0.3 is 0 Å². The number of thiophene rings is 1. The molecule has 0 aliphatic carbocycles. The Kier molecular flexibility index (Phi) is 5.20. The fourth-order valence-corrected chi connectivity index (χ4v) is 5.71. The van der Waals surface area contributed by atoms with E-state index in [2.05, 4.69) is 21.8 Å². The number of hydrogen-bond acceptors (Lipinski definition) is 7. The van der Waals surface area contributed by atoms with E-state index in [1.54, 1.807) is 39.5 Å². The first-order chi connectivity index (χ1) is 14.7. The molecule has 4 aromatic heterocycles. The number of benzene rings is 1. The molecule has 5 nitrogen and oxygen atoms in total. The van der Waals surface area contributed by atoms with E-state index in [9.17, 15) is 4.79 Å². The van der Waals surface area contributed by atoms with Gasteiger partial charge in [0.1, 0.15) is 10.8 Å². The monoisotopic (exact) mass is 448 g/mol. The second kappa shape index (κ2) is 8.14. The lowest BCUT2D eigenvalue weighted by atomic mass is 10.2. The molecular weight excluding hydrogens is 432 g/mol. The van der Waals surface area contributed by atoms with E-state index in [1.165, 1.54) is 16.6 Å². The third kappa shape index (κ3) is 3.69. The summed E-state index contributed by atoms with van der Waals surface area (Å²) in [6, 6.07) is 15.3. The normalized spacial score (nSPS) is 11.2. The van der Waals surface area contributed by atoms with E-state index in [0.717, 1.165) is 16.3 Å². The number of para-hydroxylation sites is 1. The summed E-state index contributed by atoms with van der Waals surface area (Å²) in [5.41, 5.74) is 2.58. The summed E-state index contributed by atoms with van der Waals surface area (Å²) in [7, 11) is 0. The number of rotatable bonds is 5. The van der Waals surface area contributed by atoms with Gasteiger partial charge < -0.3 is 0 Å². The van der Waals surface area contributed by atoms with Crippen LogP contribution in [0.3, 0.4) is 0 Å². The maximum Gasteiger partial charge on any atom is 0.267 e. The second-order valence-corrected chi connectivity index (χ2v) is 9.40. The highest BCUT2D eigenvalue weighted by Crippen LogP contribution is 2.30. The SMILES string of the molecule is Cc1ccnc(-n2c(SCc3csc(-c4cccs4)n3)nc3ccccc3c2=O)c1. The molecule has 0 saturated heterocycles. The number of nitrogens with zero attached hydrogens (tertiary/aromatic N) is 4. The molecule has 0 fully saturated rings. The lowest BCUT2D eigenvalue weighted by Gasteiger charge is -2.12. The van der Waals surface area contributed by atoms with E-state index >= 15 is 0 Å². The van der Waals surface area contributed by atoms with Crippen molar-refractivity contribution in [3.63, 3.8) is 0 Å². The number of aryl methyl sites for hydroxylation is 1. The Balaban J connectivity index is 1.54. The minimum Gasteiger partial charge on any atom is -0.268 e. The van der Waals surface area contributed by atoms with Gasteiger partial charge in [-0.05, 0) is 48.2 Å². The van der Waals surface area contributed by atoms with Crippen LogP contribution in [-0.2, 0) is 5.75 Å². The summed E-state index contributed by atoms with van der Waals surface area (Å²) < 4.78 is 1.60. The lowest BCUT2D eigenvalue weighted by Crippen LogP contribution is -2.22. The molecule has 0 unspecified atom stereocenters. The fourth-order valence-electron chi connectivity index (χ4n) is 3.08. The molecule has 0 spiro atoms. The van der Waals surface area contributed by atoms with Gasteiger partial charge in [0.05, 0.1) is 21.5 Å². The quantitative estimate of drug-likeness (QED) is 0.260. The zero-order valence-corrected chi connectivity index (χ0v) is 18.4. The van der Waals surface area contributed by atoms with E-state index in [4.69, 9.17) is 9.97 Å². The number of hydrogen-bond donors (Lipinski definition) is 0. The molecule has 0 aliphatic rings. The molecule has 0 saturated carbocycles. The predicted molar refractivity (Wildman–Crippen MR) is 125 cm³/mol. The minimum absolute atomic E-state index is 0.112. The number of thiazole rings is 1. The average Bonchev–Trinajstić information content (AvgIpc) is 3.44. The Labute approximate surface area is 185 Å². The third-order valence-electron chi connectivity index (χ3n) is 4.51. The van der Waals surface area contributed by atoms with Crippen LogP contribution in [0.2, 0.25) is 0 Å². The van der Waals surface area contributed by atoms with Crippen molar-refractivity contribution in [2.45, 2.75) is 17.8 Å². The van der Waals surface area contributed by atoms with E-state index < -0.39 is 0 Å². The van der Waals surface area contributed by atoms with Crippen LogP contribution in [0.15, 0.2) is 75.4 Å². The van der Waals surface area contributed by atoms with Crippen molar-refractivity contribution >= 4 is 45.3 Å². The van der Waals surface area contributed by atoms with Crippen LogP contribution in [0, 0.1) is 6.92 Å². The number of aromatic nitrogens is 4. The molecule has 0 N–H and O–H groups in total. The molecule has 1 aromatic carbocycles. The molecule has 0 atom stereocenters. The van der Waals surface area contributed by atoms with Crippen molar-refractivity contribution in [3.05, 3.63) is 87.1 Å². The molecule has 0 radical (unpaired) electrons. The van der Waals surface area contributed by atoms with E-state index in [0.29, 0.717) is 27.6 Å². The highest BCUT2D eigenvalue weighted by molar-refractivity contribution is 7.98. The maximum absolute atomic E-state index is 13.3. The average molecular weight is 449 g/mol. The molecular formula is C22H16N4OS3. The topological polar surface area (TPSA) is 60.7 Å². The zero-order chi connectivity index (χ0) is 20.5. The first-order valence-corrected chi connectivity index (χ1v) is 12.0. The van der Waals surface area contributed by atoms with Crippen LogP contribution in [-0.4, -0.2) is 19.5 Å². The van der Waals surface area contributed by atoms with Crippen molar-refractivity contribution in [1.82, 2.24) is 19.5 Å². The minimum atomic E-state index is -0.112. The lowest BCUT2D eigenvalue weighted by molar-refractivity contribution is 0.794. The molecule has 148 valence electrons. The van der Waals surface area contributed by atoms with Gasteiger partial charge in [-0.15, -0.1) is 22.7 Å². The summed E-state index contributed by atoms with van der Waals surface area (Å²) in [6.45, 7) is 1.99. The first-order valence-electron chi connectivity index (χ1n) is 9.25. The Morgan fingerprint density at radius 1 is 1.07 bits per heavy atom. The van der Waals surface area contributed by atoms with Crippen molar-refractivity contribution in [2.75, 3.05) is 0 Å². The summed E-state index contributed by atoms with van der Waals surface area (Å²) >= 11 is 4.82. The summed E-state index contributed by atoms with van der Waals surface area (Å²) in [4.78, 5) is 28.4. The Morgan fingerprint density at radius 2 is 1.97 bits per heavy atom. The molecule has 0 bridgehead atoms. The standard InChI is InChI=1S/C22H16N4OS3/c1-14-8-9-23-19(11-14)26-21(27)16-5-2-3-6-17(16)25-22(26)30-13-15-12-29-20(24-15)18-7-4-10-28-18/h2-12H,13H2,1H3. The van der Waals surface area contributed by atoms with Crippen molar-refractivity contribution in [3.8, 4) is 15.7 Å². The predicted octanol–water partition coefficient (Wildman–Crippen LogP) is 5.57. The smallest absolute Gasteiger partial charge is 0.267 e. The molecule has 8 heteroatoms. The summed E-state index contributed by atoms with van der Waals surface area (Å²) in [5, 5.41) is 6.33. The van der Waals surface area contributed by atoms with Crippen LogP contribution in [0.4, 0.5) is 0 Å². The number of thioether (sulfide) groups is 1. The van der Waals surface area contributed by atoms with Gasteiger partial charge in [0.25, 0.3) is 5.56 Å². The van der Waals surface area contributed by atoms with Crippen LogP contribution in [0.5, 0.6) is 0 Å². The van der Waals surface area contributed by atoms with Gasteiger partial charge in [-0.3, -0.25) is 4.79 Å². The van der Waals surface area contributed by atoms with Gasteiger partial charge in [-0.25, -0.2) is 19.5 Å². The molecule has 5 rings (SSSR count). The largest absolute Gasteiger partial charge is 0.268 e. The second-order valence-electron chi connectivity index (χ2n) is 6.65. The third-order valence-corrected chi connectivity index (χ3v) is 7.41. The van der Waals surface area contributed by atoms with Gasteiger partial charge in [0.2, 0.25) is 0 Å². The maximum atomic E-state index is 13.3. The Hall–Kier alpha value is -2.81. The van der Waals surface area contributed by atoms with Crippen molar-refractivity contribution in [1.29, 1.82) is 0 Å². The number of fused-ring (bicyclic) bond motifs is 1. The van der Waals surface area contributed by atoms with Crippen molar-refractivity contribution in [2.24, 2.45) is 0 Å². The summed E-state index contributed by atoms with van der Waals surface area (Å²) in [6.07, 6.45) is 1.72. The molecule has 0 aliphatic heterocycles. The van der Waals surface area contributed by atoms with Crippen LogP contribution in [0.25, 0.3) is 26.6 Å². The van der Waals surface area contributed by atoms with Crippen molar-refractivity contribution < 1.29 is 0 Å². The first kappa shape index (κ1) is 19.2. The number of pyridine rings is 1. The van der Waals surface area contributed by atoms with Gasteiger partial charge in [0, 0.05) is 17.3 Å². The van der Waals surface area contributed by atoms with Crippen LogP contribution >= 0.6 is 34.4 Å². The van der Waals surface area contributed by atoms with Gasteiger partial charge in [-0.1, -0.05) is 30.0 Å². The Bertz CT molecular complexity index is 1390. The molecule has 0 amide bonds. The summed E-state index contributed by atoms with van der Waals surface area (Å²) in [5.74, 6) is 1.21. The van der Waals surface area contributed by atoms with E-state index in [1.807, 2.05) is 43.3 Å². The molecule has 5 aromatic rings. The fraction of sp³-hybridized carbons (Fsp3) is 0.0909. The molecule has 4 heterocycles. The zero-order valence-electron chi connectivity index (χ0n) is 16.0.